The van der Waals surface area contributed by atoms with E-state index >= 15 is 0 Å². The second kappa shape index (κ2) is 8.67. The van der Waals surface area contributed by atoms with Crippen LogP contribution >= 0.6 is 0 Å². The van der Waals surface area contributed by atoms with Crippen molar-refractivity contribution in [3.8, 4) is 17.3 Å². The number of nitriles is 1. The van der Waals surface area contributed by atoms with E-state index in [4.69, 9.17) is 9.90 Å². The van der Waals surface area contributed by atoms with E-state index in [-0.39, 0.29) is 0 Å². The van der Waals surface area contributed by atoms with Gasteiger partial charge in [0.05, 0.1) is 28.5 Å². The molecule has 0 saturated carbocycles. The normalized spacial score (nSPS) is 10.9. The van der Waals surface area contributed by atoms with Crippen molar-refractivity contribution in [2.45, 2.75) is 13.8 Å². The maximum absolute atomic E-state index is 9.61. The van der Waals surface area contributed by atoms with Crippen molar-refractivity contribution in [2.75, 3.05) is 0 Å². The van der Waals surface area contributed by atoms with Crippen LogP contribution in [0.3, 0.4) is 0 Å². The minimum atomic E-state index is -0.833. The SMILES string of the molecule is CC(=O)O.Cc1ccc2nc(C(C#N)=Cc3cn[nH]c3-c3ccccc3)[nH]c2c1. The molecule has 0 atom stereocenters. The molecule has 29 heavy (non-hydrogen) atoms. The predicted molar refractivity (Wildman–Crippen MR) is 112 cm³/mol. The molecule has 2 heterocycles. The standard InChI is InChI=1S/C20H15N5.C2H4O2/c1-13-7-8-17-18(9-13)24-20(23-17)15(11-21)10-16-12-22-25-19(16)14-5-3-2-4-6-14;1-2(3)4/h2-10,12H,1H3,(H,22,25)(H,23,24);1H3,(H,3,4). The molecule has 0 radical (unpaired) electrons. The molecule has 0 aliphatic carbocycles. The van der Waals surface area contributed by atoms with Gasteiger partial charge in [-0.2, -0.15) is 10.4 Å². The molecule has 0 spiro atoms. The van der Waals surface area contributed by atoms with Crippen molar-refractivity contribution in [1.82, 2.24) is 20.2 Å². The summed E-state index contributed by atoms with van der Waals surface area (Å²) in [6.45, 7) is 3.11. The largest absolute Gasteiger partial charge is 0.481 e. The zero-order chi connectivity index (χ0) is 20.8. The quantitative estimate of drug-likeness (QED) is 0.451. The number of nitrogens with one attached hydrogen (secondary N) is 2. The monoisotopic (exact) mass is 385 g/mol. The number of fused-ring (bicyclic) bond motifs is 1. The number of rotatable bonds is 3. The van der Waals surface area contributed by atoms with Gasteiger partial charge in [-0.25, -0.2) is 4.98 Å². The molecule has 0 unspecified atom stereocenters. The van der Waals surface area contributed by atoms with Crippen molar-refractivity contribution in [2.24, 2.45) is 0 Å². The van der Waals surface area contributed by atoms with E-state index in [0.717, 1.165) is 40.3 Å². The summed E-state index contributed by atoms with van der Waals surface area (Å²) in [6.07, 6.45) is 3.52. The zero-order valence-corrected chi connectivity index (χ0v) is 16.0. The lowest BCUT2D eigenvalue weighted by Crippen LogP contribution is -1.86. The zero-order valence-electron chi connectivity index (χ0n) is 16.0. The number of H-pyrrole nitrogens is 2. The molecule has 2 aromatic carbocycles. The number of aryl methyl sites for hydroxylation is 1. The summed E-state index contributed by atoms with van der Waals surface area (Å²) in [7, 11) is 0. The Morgan fingerprint density at radius 1 is 1.21 bits per heavy atom. The number of carboxylic acid groups (broad SMARTS) is 1. The molecule has 4 rings (SSSR count). The number of imidazole rings is 1. The molecule has 7 nitrogen and oxygen atoms in total. The molecular weight excluding hydrogens is 366 g/mol. The summed E-state index contributed by atoms with van der Waals surface area (Å²) < 4.78 is 0. The van der Waals surface area contributed by atoms with E-state index in [9.17, 15) is 5.26 Å². The first-order chi connectivity index (χ1) is 14.0. The van der Waals surface area contributed by atoms with Gasteiger partial charge in [0, 0.05) is 18.1 Å². The van der Waals surface area contributed by atoms with Gasteiger partial charge < -0.3 is 10.1 Å². The first-order valence-corrected chi connectivity index (χ1v) is 8.85. The molecule has 0 bridgehead atoms. The lowest BCUT2D eigenvalue weighted by molar-refractivity contribution is -0.134. The molecule has 3 N–H and O–H groups in total. The Labute approximate surface area is 167 Å². The van der Waals surface area contributed by atoms with Crippen molar-refractivity contribution >= 4 is 28.7 Å². The second-order valence-corrected chi connectivity index (χ2v) is 6.36. The molecule has 0 fully saturated rings. The van der Waals surface area contributed by atoms with Crippen LogP contribution in [-0.4, -0.2) is 31.2 Å². The highest BCUT2D eigenvalue weighted by molar-refractivity contribution is 5.92. The van der Waals surface area contributed by atoms with Crippen molar-refractivity contribution in [1.29, 1.82) is 5.26 Å². The van der Waals surface area contributed by atoms with Crippen LogP contribution in [0.1, 0.15) is 23.9 Å². The van der Waals surface area contributed by atoms with Gasteiger partial charge >= 0.3 is 0 Å². The van der Waals surface area contributed by atoms with Crippen molar-refractivity contribution in [3.05, 3.63) is 71.7 Å². The Bertz CT molecular complexity index is 1210. The minimum Gasteiger partial charge on any atom is -0.481 e. The molecule has 144 valence electrons. The van der Waals surface area contributed by atoms with Gasteiger partial charge in [-0.3, -0.25) is 9.89 Å². The Morgan fingerprint density at radius 2 is 1.93 bits per heavy atom. The Balaban J connectivity index is 0.000000552. The van der Waals surface area contributed by atoms with Gasteiger partial charge in [0.15, 0.2) is 0 Å². The van der Waals surface area contributed by atoms with Gasteiger partial charge in [0.25, 0.3) is 5.97 Å². The van der Waals surface area contributed by atoms with Crippen LogP contribution in [0.15, 0.2) is 54.7 Å². The summed E-state index contributed by atoms with van der Waals surface area (Å²) in [4.78, 5) is 16.8. The highest BCUT2D eigenvalue weighted by Gasteiger charge is 2.11. The van der Waals surface area contributed by atoms with Crippen LogP contribution < -0.4 is 0 Å². The maximum atomic E-state index is 9.61. The first kappa shape index (κ1) is 19.6. The van der Waals surface area contributed by atoms with Gasteiger partial charge in [-0.1, -0.05) is 36.4 Å². The first-order valence-electron chi connectivity index (χ1n) is 8.85. The van der Waals surface area contributed by atoms with Gasteiger partial charge in [-0.05, 0) is 30.7 Å². The number of aromatic amines is 2. The number of carbonyl (C=O) groups is 1. The summed E-state index contributed by atoms with van der Waals surface area (Å²) in [5.41, 5.74) is 6.12. The Kier molecular flexibility index (Phi) is 5.85. The fourth-order valence-electron chi connectivity index (χ4n) is 2.80. The van der Waals surface area contributed by atoms with Gasteiger partial charge in [0.2, 0.25) is 0 Å². The number of aliphatic carboxylic acids is 1. The van der Waals surface area contributed by atoms with Crippen LogP contribution in [0.4, 0.5) is 0 Å². The highest BCUT2D eigenvalue weighted by Crippen LogP contribution is 2.25. The van der Waals surface area contributed by atoms with Crippen LogP contribution in [-0.2, 0) is 4.79 Å². The number of carboxylic acids is 1. The number of allylic oxidation sites excluding steroid dienone is 1. The van der Waals surface area contributed by atoms with E-state index in [1.54, 1.807) is 12.3 Å². The summed E-state index contributed by atoms with van der Waals surface area (Å²) in [5, 5.41) is 24.2. The average Bonchev–Trinajstić information content (AvgIpc) is 3.32. The lowest BCUT2D eigenvalue weighted by atomic mass is 10.1. The number of nitrogens with zero attached hydrogens (tertiary/aromatic N) is 3. The van der Waals surface area contributed by atoms with Gasteiger partial charge in [-0.15, -0.1) is 0 Å². The van der Waals surface area contributed by atoms with E-state index in [1.165, 1.54) is 0 Å². The fourth-order valence-corrected chi connectivity index (χ4v) is 2.80. The van der Waals surface area contributed by atoms with E-state index in [0.29, 0.717) is 11.4 Å². The smallest absolute Gasteiger partial charge is 0.300 e. The third-order valence-electron chi connectivity index (χ3n) is 4.04. The Hall–Kier alpha value is -4.18. The highest BCUT2D eigenvalue weighted by atomic mass is 16.4. The van der Waals surface area contributed by atoms with Crippen molar-refractivity contribution < 1.29 is 9.90 Å². The third kappa shape index (κ3) is 4.76. The molecular formula is C22H19N5O2. The summed E-state index contributed by atoms with van der Waals surface area (Å²) in [6, 6.07) is 18.1. The van der Waals surface area contributed by atoms with Crippen LogP contribution in [0.25, 0.3) is 33.9 Å². The van der Waals surface area contributed by atoms with Crippen LogP contribution in [0.5, 0.6) is 0 Å². The molecule has 0 aliphatic rings. The lowest BCUT2D eigenvalue weighted by Gasteiger charge is -2.00. The van der Waals surface area contributed by atoms with Gasteiger partial charge in [0.1, 0.15) is 11.9 Å². The van der Waals surface area contributed by atoms with Crippen LogP contribution in [0, 0.1) is 18.3 Å². The number of aromatic nitrogens is 4. The molecule has 2 aromatic heterocycles. The average molecular weight is 385 g/mol. The summed E-state index contributed by atoms with van der Waals surface area (Å²) in [5.74, 6) is -0.275. The third-order valence-corrected chi connectivity index (χ3v) is 4.04. The van der Waals surface area contributed by atoms with E-state index in [2.05, 4.69) is 26.2 Å². The number of hydrogen-bond acceptors (Lipinski definition) is 4. The second-order valence-electron chi connectivity index (χ2n) is 6.36. The predicted octanol–water partition coefficient (Wildman–Crippen LogP) is 4.42. The molecule has 0 saturated heterocycles. The van der Waals surface area contributed by atoms with Crippen LogP contribution in [0.2, 0.25) is 0 Å². The molecule has 0 aliphatic heterocycles. The molecule has 0 amide bonds. The van der Waals surface area contributed by atoms with Crippen molar-refractivity contribution in [3.63, 3.8) is 0 Å². The summed E-state index contributed by atoms with van der Waals surface area (Å²) >= 11 is 0. The topological polar surface area (TPSA) is 118 Å². The maximum Gasteiger partial charge on any atom is 0.300 e. The van der Waals surface area contributed by atoms with E-state index in [1.807, 2.05) is 55.5 Å². The number of hydrogen-bond donors (Lipinski definition) is 3. The molecule has 7 heteroatoms. The fraction of sp³-hybridized carbons (Fsp3) is 0.0909. The minimum absolute atomic E-state index is 0.465. The Morgan fingerprint density at radius 3 is 2.62 bits per heavy atom. The van der Waals surface area contributed by atoms with E-state index < -0.39 is 5.97 Å². The number of benzene rings is 2. The molecule has 4 aromatic rings.